The van der Waals surface area contributed by atoms with Gasteiger partial charge in [-0.2, -0.15) is 34.8 Å². The van der Waals surface area contributed by atoms with Gasteiger partial charge in [-0.3, -0.25) is 9.11 Å². The minimum absolute atomic E-state index is 0.0541. The van der Waals surface area contributed by atoms with Crippen molar-refractivity contribution in [2.75, 3.05) is 0 Å². The topological polar surface area (TPSA) is 203 Å². The summed E-state index contributed by atoms with van der Waals surface area (Å²) >= 11 is 0. The van der Waals surface area contributed by atoms with Gasteiger partial charge in [0.15, 0.2) is 11.9 Å². The van der Waals surface area contributed by atoms with E-state index in [-0.39, 0.29) is 36.1 Å². The average Bonchev–Trinajstić information content (AvgIpc) is 2.69. The maximum absolute atomic E-state index is 12.5. The number of alkyl halides is 6. The summed E-state index contributed by atoms with van der Waals surface area (Å²) in [6.07, 6.45) is -8.76. The summed E-state index contributed by atoms with van der Waals surface area (Å²) in [5.74, 6) is -0.459. The van der Waals surface area contributed by atoms with Crippen molar-refractivity contribution >= 4 is 22.3 Å². The summed E-state index contributed by atoms with van der Waals surface area (Å²) in [7, 11) is -4.67. The summed E-state index contributed by atoms with van der Waals surface area (Å²) in [6, 6.07) is 10.3. The SMILES string of the molecule is NC(N)=NCc1ccccc1C(F)(F)F.NC(N)=NCc1ccccc1C(F)(F)F.O=S(=O)(O)O. The second kappa shape index (κ2) is 13.4. The van der Waals surface area contributed by atoms with Crippen LogP contribution in [0.2, 0.25) is 0 Å². The van der Waals surface area contributed by atoms with E-state index in [4.69, 9.17) is 40.5 Å². The number of hydrogen-bond donors (Lipinski definition) is 6. The van der Waals surface area contributed by atoms with Crippen molar-refractivity contribution in [3.63, 3.8) is 0 Å². The van der Waals surface area contributed by atoms with Gasteiger partial charge in [0.05, 0.1) is 24.2 Å². The van der Waals surface area contributed by atoms with E-state index >= 15 is 0 Å². The normalized spacial score (nSPS) is 11.2. The predicted octanol–water partition coefficient (Wildman–Crippen LogP) is 2.30. The van der Waals surface area contributed by atoms with Crippen LogP contribution >= 0.6 is 0 Å². The van der Waals surface area contributed by atoms with E-state index in [0.717, 1.165) is 12.1 Å². The molecule has 0 bridgehead atoms. The first-order chi connectivity index (χ1) is 15.8. The van der Waals surface area contributed by atoms with Crippen molar-refractivity contribution in [1.82, 2.24) is 0 Å². The molecule has 10 N–H and O–H groups in total. The predicted molar refractivity (Wildman–Crippen MR) is 116 cm³/mol. The zero-order chi connectivity index (χ0) is 27.4. The number of halogens is 6. The van der Waals surface area contributed by atoms with E-state index in [1.54, 1.807) is 0 Å². The van der Waals surface area contributed by atoms with Gasteiger partial charge in [-0.25, -0.2) is 9.98 Å². The Labute approximate surface area is 195 Å². The number of nitrogens with two attached hydrogens (primary N) is 4. The van der Waals surface area contributed by atoms with Gasteiger partial charge in [0.25, 0.3) is 0 Å². The van der Waals surface area contributed by atoms with E-state index in [2.05, 4.69) is 9.98 Å². The Hall–Kier alpha value is -3.57. The molecule has 0 fully saturated rings. The standard InChI is InChI=1S/2C9H10F3N3.H2O4S/c2*10-9(11,12)7-4-2-1-3-6(7)5-15-8(13)14;1-5(2,3)4/h2*1-4H,5H2,(H4,13,14,15);(H2,1,2,3,4). The fourth-order valence-electron chi connectivity index (χ4n) is 2.22. The van der Waals surface area contributed by atoms with Crippen LogP contribution in [0.5, 0.6) is 0 Å². The molecule has 10 nitrogen and oxygen atoms in total. The lowest BCUT2D eigenvalue weighted by molar-refractivity contribution is -0.139. The maximum Gasteiger partial charge on any atom is 0.416 e. The third kappa shape index (κ3) is 15.0. The Bertz CT molecular complexity index is 1030. The second-order valence-electron chi connectivity index (χ2n) is 6.24. The van der Waals surface area contributed by atoms with Gasteiger partial charge in [0.1, 0.15) is 0 Å². The summed E-state index contributed by atoms with van der Waals surface area (Å²) in [5, 5.41) is 0. The number of aliphatic imine (C=N–C) groups is 2. The van der Waals surface area contributed by atoms with Crippen molar-refractivity contribution in [2.45, 2.75) is 25.4 Å². The lowest BCUT2D eigenvalue weighted by atomic mass is 10.1. The highest BCUT2D eigenvalue weighted by atomic mass is 32.3. The van der Waals surface area contributed by atoms with Crippen LogP contribution in [0.15, 0.2) is 58.5 Å². The maximum atomic E-state index is 12.5. The molecule has 0 unspecified atom stereocenters. The lowest BCUT2D eigenvalue weighted by Gasteiger charge is -2.10. The van der Waals surface area contributed by atoms with Gasteiger partial charge in [0, 0.05) is 0 Å². The molecule has 35 heavy (non-hydrogen) atoms. The van der Waals surface area contributed by atoms with Crippen LogP contribution in [-0.4, -0.2) is 29.4 Å². The fraction of sp³-hybridized carbons (Fsp3) is 0.222. The highest BCUT2D eigenvalue weighted by Crippen LogP contribution is 2.32. The van der Waals surface area contributed by atoms with Crippen LogP contribution < -0.4 is 22.9 Å². The van der Waals surface area contributed by atoms with E-state index in [1.165, 1.54) is 36.4 Å². The fourth-order valence-corrected chi connectivity index (χ4v) is 2.22. The molecule has 0 aliphatic heterocycles. The largest absolute Gasteiger partial charge is 0.416 e. The van der Waals surface area contributed by atoms with Gasteiger partial charge in [0.2, 0.25) is 0 Å². The van der Waals surface area contributed by atoms with Crippen molar-refractivity contribution in [3.8, 4) is 0 Å². The first kappa shape index (κ1) is 31.4. The average molecular weight is 532 g/mol. The van der Waals surface area contributed by atoms with Crippen molar-refractivity contribution in [2.24, 2.45) is 32.9 Å². The second-order valence-corrected chi connectivity index (χ2v) is 7.14. The molecule has 0 heterocycles. The molecule has 0 aromatic heterocycles. The first-order valence-corrected chi connectivity index (χ1v) is 10.3. The van der Waals surface area contributed by atoms with Gasteiger partial charge in [-0.05, 0) is 23.3 Å². The molecule has 0 amide bonds. The zero-order valence-corrected chi connectivity index (χ0v) is 18.4. The molecular weight excluding hydrogens is 510 g/mol. The summed E-state index contributed by atoms with van der Waals surface area (Å²) in [5.41, 5.74) is 18.9. The minimum atomic E-state index is -4.67. The molecule has 196 valence electrons. The van der Waals surface area contributed by atoms with Crippen LogP contribution in [0.3, 0.4) is 0 Å². The van der Waals surface area contributed by atoms with Crippen LogP contribution in [0, 0.1) is 0 Å². The van der Waals surface area contributed by atoms with Crippen LogP contribution in [0.4, 0.5) is 26.3 Å². The monoisotopic (exact) mass is 532 g/mol. The lowest BCUT2D eigenvalue weighted by Crippen LogP contribution is -2.23. The van der Waals surface area contributed by atoms with Crippen molar-refractivity contribution < 1.29 is 43.9 Å². The molecule has 0 aliphatic carbocycles. The van der Waals surface area contributed by atoms with E-state index in [9.17, 15) is 26.3 Å². The number of guanidine groups is 2. The van der Waals surface area contributed by atoms with Crippen molar-refractivity contribution in [3.05, 3.63) is 70.8 Å². The molecule has 0 radical (unpaired) electrons. The molecule has 2 rings (SSSR count). The van der Waals surface area contributed by atoms with Gasteiger partial charge >= 0.3 is 22.8 Å². The number of rotatable bonds is 4. The third-order valence-electron chi connectivity index (χ3n) is 3.51. The first-order valence-electron chi connectivity index (χ1n) is 8.93. The molecule has 0 saturated carbocycles. The highest BCUT2D eigenvalue weighted by Gasteiger charge is 2.33. The Kier molecular flexibility index (Phi) is 12.0. The Morgan fingerprint density at radius 1 is 0.686 bits per heavy atom. The van der Waals surface area contributed by atoms with Gasteiger partial charge in [-0.1, -0.05) is 36.4 Å². The molecule has 17 heteroatoms. The molecule has 0 saturated heterocycles. The molecule has 0 aliphatic rings. The summed E-state index contributed by atoms with van der Waals surface area (Å²) in [4.78, 5) is 7.08. The van der Waals surface area contributed by atoms with Gasteiger partial charge in [-0.15, -0.1) is 0 Å². The number of benzene rings is 2. The highest BCUT2D eigenvalue weighted by molar-refractivity contribution is 7.79. The molecule has 2 aromatic rings. The van der Waals surface area contributed by atoms with E-state index in [1.807, 2.05) is 0 Å². The smallest absolute Gasteiger partial charge is 0.370 e. The van der Waals surface area contributed by atoms with E-state index in [0.29, 0.717) is 0 Å². The Morgan fingerprint density at radius 3 is 1.17 bits per heavy atom. The van der Waals surface area contributed by atoms with Crippen molar-refractivity contribution in [1.29, 1.82) is 0 Å². The van der Waals surface area contributed by atoms with Gasteiger partial charge < -0.3 is 22.9 Å². The summed E-state index contributed by atoms with van der Waals surface area (Å²) in [6.45, 7) is -0.337. The minimum Gasteiger partial charge on any atom is -0.370 e. The molecule has 0 atom stereocenters. The molecular formula is C18H22F6N6O4S. The Balaban J connectivity index is 0.000000555. The van der Waals surface area contributed by atoms with Crippen LogP contribution in [-0.2, 0) is 35.8 Å². The van der Waals surface area contributed by atoms with E-state index < -0.39 is 33.9 Å². The van der Waals surface area contributed by atoms with Crippen LogP contribution in [0.25, 0.3) is 0 Å². The zero-order valence-electron chi connectivity index (χ0n) is 17.6. The van der Waals surface area contributed by atoms with Crippen LogP contribution in [0.1, 0.15) is 22.3 Å². The molecule has 2 aromatic carbocycles. The number of hydrogen-bond acceptors (Lipinski definition) is 4. The summed E-state index contributed by atoms with van der Waals surface area (Å²) < 4.78 is 106. The third-order valence-corrected chi connectivity index (χ3v) is 3.51. The molecule has 0 spiro atoms. The Morgan fingerprint density at radius 2 is 0.943 bits per heavy atom. The quantitative estimate of drug-likeness (QED) is 0.149. The number of nitrogens with zero attached hydrogens (tertiary/aromatic N) is 2.